The number of carbonyl (C=O) groups is 1. The van der Waals surface area contributed by atoms with Crippen molar-refractivity contribution >= 4 is 5.91 Å². The summed E-state index contributed by atoms with van der Waals surface area (Å²) in [4.78, 5) is 21.8. The van der Waals surface area contributed by atoms with Gasteiger partial charge < -0.3 is 10.1 Å². The van der Waals surface area contributed by atoms with Gasteiger partial charge in [0.15, 0.2) is 0 Å². The fourth-order valence-electron chi connectivity index (χ4n) is 3.89. The minimum atomic E-state index is -0.129. The summed E-state index contributed by atoms with van der Waals surface area (Å²) in [7, 11) is 0. The van der Waals surface area contributed by atoms with Gasteiger partial charge in [0.05, 0.1) is 5.92 Å². The number of aryl methyl sites for hydroxylation is 2. The largest absolute Gasteiger partial charge is 0.492 e. The number of nitrogens with zero attached hydrogens (tertiary/aromatic N) is 2. The van der Waals surface area contributed by atoms with Crippen LogP contribution < -0.4 is 10.1 Å². The van der Waals surface area contributed by atoms with E-state index in [-0.39, 0.29) is 11.8 Å². The van der Waals surface area contributed by atoms with E-state index in [1.54, 1.807) is 0 Å². The topological polar surface area (TPSA) is 64.1 Å². The molecule has 0 bridgehead atoms. The van der Waals surface area contributed by atoms with Crippen LogP contribution in [0.5, 0.6) is 5.75 Å². The van der Waals surface area contributed by atoms with E-state index in [4.69, 9.17) is 9.72 Å². The summed E-state index contributed by atoms with van der Waals surface area (Å²) in [5, 5.41) is 3.03. The second kappa shape index (κ2) is 7.44. The molecule has 0 unspecified atom stereocenters. The van der Waals surface area contributed by atoms with Crippen molar-refractivity contribution in [1.29, 1.82) is 0 Å². The minimum Gasteiger partial charge on any atom is -0.492 e. The first-order valence-electron chi connectivity index (χ1n) is 9.54. The fraction of sp³-hybridized carbons (Fsp3) is 0.476. The van der Waals surface area contributed by atoms with Gasteiger partial charge >= 0.3 is 0 Å². The number of hydrogen-bond donors (Lipinski definition) is 1. The molecule has 26 heavy (non-hydrogen) atoms. The van der Waals surface area contributed by atoms with Crippen molar-refractivity contribution in [2.75, 3.05) is 13.2 Å². The lowest BCUT2D eigenvalue weighted by Gasteiger charge is -2.24. The lowest BCUT2D eigenvalue weighted by molar-refractivity contribution is -0.126. The van der Waals surface area contributed by atoms with Gasteiger partial charge in [0.1, 0.15) is 18.2 Å². The first-order valence-corrected chi connectivity index (χ1v) is 9.54. The van der Waals surface area contributed by atoms with Crippen LogP contribution in [0.1, 0.15) is 41.2 Å². The number of para-hydroxylation sites is 1. The number of nitrogens with one attached hydrogen (secondary N) is 1. The van der Waals surface area contributed by atoms with Crippen molar-refractivity contribution < 1.29 is 9.53 Å². The molecule has 1 N–H and O–H groups in total. The standard InChI is InChI=1S/C21H25N3O2/c1-14-17-7-3-4-8-18(17)24-20(23-14)10-11-22-21(25)16-12-15-6-2-5-9-19(15)26-13-16/h2,5-6,9,16H,3-4,7-8,10-13H2,1H3,(H,22,25)/t16-/m0/s1. The lowest BCUT2D eigenvalue weighted by Crippen LogP contribution is -2.38. The molecular formula is C21H25N3O2. The van der Waals surface area contributed by atoms with Crippen molar-refractivity contribution in [3.05, 3.63) is 52.6 Å². The molecule has 4 rings (SSSR count). The maximum Gasteiger partial charge on any atom is 0.226 e. The highest BCUT2D eigenvalue weighted by Crippen LogP contribution is 2.26. The number of amides is 1. The molecule has 0 radical (unpaired) electrons. The number of carbonyl (C=O) groups excluding carboxylic acids is 1. The van der Waals surface area contributed by atoms with Crippen LogP contribution in [0.3, 0.4) is 0 Å². The van der Waals surface area contributed by atoms with Crippen molar-refractivity contribution in [2.24, 2.45) is 5.92 Å². The number of rotatable bonds is 4. The Morgan fingerprint density at radius 1 is 1.23 bits per heavy atom. The molecule has 0 saturated carbocycles. The van der Waals surface area contributed by atoms with Gasteiger partial charge in [-0.25, -0.2) is 9.97 Å². The van der Waals surface area contributed by atoms with E-state index in [0.29, 0.717) is 19.6 Å². The van der Waals surface area contributed by atoms with Gasteiger partial charge in [-0.15, -0.1) is 0 Å². The average Bonchev–Trinajstić information content (AvgIpc) is 2.67. The third-order valence-electron chi connectivity index (χ3n) is 5.33. The van der Waals surface area contributed by atoms with E-state index in [1.807, 2.05) is 24.3 Å². The highest BCUT2D eigenvalue weighted by Gasteiger charge is 2.25. The highest BCUT2D eigenvalue weighted by molar-refractivity contribution is 5.79. The molecule has 1 atom stereocenters. The second-order valence-electron chi connectivity index (χ2n) is 7.22. The molecule has 2 aromatic rings. The predicted molar refractivity (Wildman–Crippen MR) is 99.3 cm³/mol. The van der Waals surface area contributed by atoms with E-state index < -0.39 is 0 Å². The van der Waals surface area contributed by atoms with E-state index in [9.17, 15) is 4.79 Å². The molecule has 1 aliphatic heterocycles. The normalized spacial score (nSPS) is 18.4. The number of fused-ring (bicyclic) bond motifs is 2. The summed E-state index contributed by atoms with van der Waals surface area (Å²) in [5.41, 5.74) is 4.75. The molecule has 136 valence electrons. The van der Waals surface area contributed by atoms with Gasteiger partial charge in [-0.1, -0.05) is 18.2 Å². The molecule has 2 aliphatic rings. The van der Waals surface area contributed by atoms with Crippen LogP contribution >= 0.6 is 0 Å². The van der Waals surface area contributed by atoms with Crippen molar-refractivity contribution in [3.63, 3.8) is 0 Å². The molecule has 0 saturated heterocycles. The minimum absolute atomic E-state index is 0.0502. The Morgan fingerprint density at radius 3 is 3.00 bits per heavy atom. The number of hydrogen-bond acceptors (Lipinski definition) is 4. The van der Waals surface area contributed by atoms with Crippen LogP contribution in [0.2, 0.25) is 0 Å². The van der Waals surface area contributed by atoms with Crippen molar-refractivity contribution in [2.45, 2.75) is 45.4 Å². The van der Waals surface area contributed by atoms with E-state index >= 15 is 0 Å². The molecule has 0 fully saturated rings. The molecule has 0 spiro atoms. The summed E-state index contributed by atoms with van der Waals surface area (Å²) in [5.74, 6) is 1.66. The van der Waals surface area contributed by atoms with Crippen LogP contribution in [0.4, 0.5) is 0 Å². The van der Waals surface area contributed by atoms with Gasteiger partial charge in [-0.05, 0) is 56.2 Å². The second-order valence-corrected chi connectivity index (χ2v) is 7.22. The maximum absolute atomic E-state index is 12.5. The summed E-state index contributed by atoms with van der Waals surface area (Å²) in [6.45, 7) is 3.08. The summed E-state index contributed by atoms with van der Waals surface area (Å²) < 4.78 is 5.71. The highest BCUT2D eigenvalue weighted by atomic mass is 16.5. The van der Waals surface area contributed by atoms with Gasteiger partial charge in [0.2, 0.25) is 5.91 Å². The first kappa shape index (κ1) is 17.0. The Labute approximate surface area is 154 Å². The molecule has 2 heterocycles. The molecule has 1 aromatic carbocycles. The smallest absolute Gasteiger partial charge is 0.226 e. The van der Waals surface area contributed by atoms with Crippen molar-refractivity contribution in [1.82, 2.24) is 15.3 Å². The maximum atomic E-state index is 12.5. The zero-order valence-electron chi connectivity index (χ0n) is 15.3. The van der Waals surface area contributed by atoms with E-state index in [1.165, 1.54) is 24.1 Å². The Kier molecular flexibility index (Phi) is 4.87. The molecule has 5 nitrogen and oxygen atoms in total. The molecule has 1 amide bonds. The Hall–Kier alpha value is -2.43. The first-order chi connectivity index (χ1) is 12.7. The van der Waals surface area contributed by atoms with Crippen LogP contribution in [-0.2, 0) is 30.5 Å². The Bertz CT molecular complexity index is 819. The van der Waals surface area contributed by atoms with Gasteiger partial charge in [-0.2, -0.15) is 0 Å². The quantitative estimate of drug-likeness (QED) is 0.919. The third kappa shape index (κ3) is 3.57. The Balaban J connectivity index is 1.32. The molecule has 5 heteroatoms. The van der Waals surface area contributed by atoms with Crippen molar-refractivity contribution in [3.8, 4) is 5.75 Å². The summed E-state index contributed by atoms with van der Waals surface area (Å²) in [6, 6.07) is 7.93. The Morgan fingerprint density at radius 2 is 2.08 bits per heavy atom. The van der Waals surface area contributed by atoms with Crippen LogP contribution in [0.15, 0.2) is 24.3 Å². The monoisotopic (exact) mass is 351 g/mol. The molecular weight excluding hydrogens is 326 g/mol. The summed E-state index contributed by atoms with van der Waals surface area (Å²) >= 11 is 0. The van der Waals surface area contributed by atoms with E-state index in [2.05, 4.69) is 17.2 Å². The predicted octanol–water partition coefficient (Wildman–Crippen LogP) is 2.57. The van der Waals surface area contributed by atoms with Gasteiger partial charge in [0, 0.05) is 24.4 Å². The fourth-order valence-corrected chi connectivity index (χ4v) is 3.89. The number of benzene rings is 1. The van der Waals surface area contributed by atoms with Crippen LogP contribution in [-0.4, -0.2) is 29.0 Å². The number of ether oxygens (including phenoxy) is 1. The third-order valence-corrected chi connectivity index (χ3v) is 5.33. The number of aromatic nitrogens is 2. The average molecular weight is 351 g/mol. The van der Waals surface area contributed by atoms with Gasteiger partial charge in [0.25, 0.3) is 0 Å². The molecule has 1 aromatic heterocycles. The van der Waals surface area contributed by atoms with Gasteiger partial charge in [-0.3, -0.25) is 4.79 Å². The lowest BCUT2D eigenvalue weighted by atomic mass is 9.95. The SMILES string of the molecule is Cc1nc(CCNC(=O)[C@@H]2COc3ccccc3C2)nc2c1CCCC2. The zero-order chi connectivity index (χ0) is 17.9. The molecule has 1 aliphatic carbocycles. The van der Waals surface area contributed by atoms with Crippen LogP contribution in [0.25, 0.3) is 0 Å². The summed E-state index contributed by atoms with van der Waals surface area (Å²) in [6.07, 6.45) is 6.00. The van der Waals surface area contributed by atoms with E-state index in [0.717, 1.165) is 42.1 Å². The van der Waals surface area contributed by atoms with Crippen LogP contribution in [0, 0.1) is 12.8 Å². The zero-order valence-corrected chi connectivity index (χ0v) is 15.3.